The first-order chi connectivity index (χ1) is 8.74. The molecular weight excluding hydrogens is 227 g/mol. The predicted molar refractivity (Wildman–Crippen MR) is 73.7 cm³/mol. The van der Waals surface area contributed by atoms with E-state index in [1.807, 2.05) is 0 Å². The van der Waals surface area contributed by atoms with Crippen molar-refractivity contribution in [1.29, 1.82) is 0 Å². The summed E-state index contributed by atoms with van der Waals surface area (Å²) in [4.78, 5) is 2.42. The molecule has 1 fully saturated rings. The molecule has 0 saturated carbocycles. The number of alkyl halides is 1. The quantitative estimate of drug-likeness (QED) is 0.883. The lowest BCUT2D eigenvalue weighted by Gasteiger charge is -2.36. The SMILES string of the molecule is Cc1cccc(C)c1[C@H](CCF)N1CCNCC1. The fraction of sp³-hybridized carbons (Fsp3) is 0.600. The molecule has 1 heterocycles. The Labute approximate surface area is 109 Å². The molecule has 1 aromatic rings. The molecule has 0 aromatic heterocycles. The minimum absolute atomic E-state index is 0.235. The van der Waals surface area contributed by atoms with Crippen molar-refractivity contribution in [1.82, 2.24) is 10.2 Å². The van der Waals surface area contributed by atoms with Crippen LogP contribution in [0.1, 0.15) is 29.2 Å². The van der Waals surface area contributed by atoms with Gasteiger partial charge in [0.05, 0.1) is 6.67 Å². The normalized spacial score (nSPS) is 18.8. The molecule has 3 heteroatoms. The van der Waals surface area contributed by atoms with Crippen molar-refractivity contribution in [2.45, 2.75) is 26.3 Å². The maximum absolute atomic E-state index is 12.9. The number of benzene rings is 1. The van der Waals surface area contributed by atoms with Crippen molar-refractivity contribution >= 4 is 0 Å². The summed E-state index contributed by atoms with van der Waals surface area (Å²) in [5, 5.41) is 3.36. The minimum Gasteiger partial charge on any atom is -0.314 e. The topological polar surface area (TPSA) is 15.3 Å². The fourth-order valence-electron chi connectivity index (χ4n) is 2.96. The highest BCUT2D eigenvalue weighted by atomic mass is 19.1. The molecule has 1 aliphatic rings. The molecule has 1 atom stereocenters. The van der Waals surface area contributed by atoms with Gasteiger partial charge < -0.3 is 5.32 Å². The van der Waals surface area contributed by atoms with Gasteiger partial charge in [0.15, 0.2) is 0 Å². The summed E-state index contributed by atoms with van der Waals surface area (Å²) in [6.07, 6.45) is 0.603. The Morgan fingerprint density at radius 2 is 1.83 bits per heavy atom. The molecule has 2 rings (SSSR count). The van der Waals surface area contributed by atoms with Gasteiger partial charge in [0, 0.05) is 32.2 Å². The predicted octanol–water partition coefficient (Wildman–Crippen LogP) is 2.61. The van der Waals surface area contributed by atoms with Gasteiger partial charge in [0.1, 0.15) is 0 Å². The number of aryl methyl sites for hydroxylation is 2. The summed E-state index contributed by atoms with van der Waals surface area (Å²) in [6, 6.07) is 6.59. The third-order valence-corrected chi connectivity index (χ3v) is 3.85. The number of nitrogens with one attached hydrogen (secondary N) is 1. The number of halogens is 1. The molecule has 1 aromatic carbocycles. The summed E-state index contributed by atoms with van der Waals surface area (Å²) in [5.41, 5.74) is 3.90. The molecule has 0 unspecified atom stereocenters. The van der Waals surface area contributed by atoms with Gasteiger partial charge in [-0.05, 0) is 37.0 Å². The molecule has 2 nitrogen and oxygen atoms in total. The molecule has 0 bridgehead atoms. The fourth-order valence-corrected chi connectivity index (χ4v) is 2.96. The number of piperazine rings is 1. The molecule has 0 radical (unpaired) electrons. The van der Waals surface area contributed by atoms with Crippen LogP contribution in [0, 0.1) is 13.8 Å². The highest BCUT2D eigenvalue weighted by molar-refractivity contribution is 5.36. The van der Waals surface area contributed by atoms with Crippen molar-refractivity contribution in [3.05, 3.63) is 34.9 Å². The average molecular weight is 250 g/mol. The summed E-state index contributed by atoms with van der Waals surface area (Å²) in [7, 11) is 0. The molecule has 0 aliphatic carbocycles. The Kier molecular flexibility index (Phi) is 4.72. The summed E-state index contributed by atoms with van der Waals surface area (Å²) < 4.78 is 12.9. The van der Waals surface area contributed by atoms with Crippen LogP contribution < -0.4 is 5.32 Å². The zero-order valence-electron chi connectivity index (χ0n) is 11.4. The van der Waals surface area contributed by atoms with Crippen LogP contribution >= 0.6 is 0 Å². The standard InChI is InChI=1S/C15H23FN2/c1-12-4-3-5-13(2)15(12)14(6-7-16)18-10-8-17-9-11-18/h3-5,14,17H,6-11H2,1-2H3/t14-/m0/s1. The number of hydrogen-bond acceptors (Lipinski definition) is 2. The zero-order chi connectivity index (χ0) is 13.0. The van der Waals surface area contributed by atoms with Crippen molar-refractivity contribution < 1.29 is 4.39 Å². The highest BCUT2D eigenvalue weighted by Crippen LogP contribution is 2.30. The van der Waals surface area contributed by atoms with Crippen LogP contribution in [0.4, 0.5) is 4.39 Å². The van der Waals surface area contributed by atoms with Gasteiger partial charge in [-0.25, -0.2) is 0 Å². The summed E-state index contributed by atoms with van der Waals surface area (Å²) in [5.74, 6) is 0. The number of rotatable bonds is 4. The highest BCUT2D eigenvalue weighted by Gasteiger charge is 2.24. The first-order valence-corrected chi connectivity index (χ1v) is 6.81. The average Bonchev–Trinajstić information content (AvgIpc) is 2.38. The Bertz CT molecular complexity index is 366. The van der Waals surface area contributed by atoms with Crippen molar-refractivity contribution in [3.63, 3.8) is 0 Å². The molecule has 100 valence electrons. The van der Waals surface area contributed by atoms with E-state index in [-0.39, 0.29) is 12.7 Å². The van der Waals surface area contributed by atoms with Gasteiger partial charge in [0.25, 0.3) is 0 Å². The largest absolute Gasteiger partial charge is 0.314 e. The first kappa shape index (κ1) is 13.5. The Morgan fingerprint density at radius 3 is 2.39 bits per heavy atom. The van der Waals surface area contributed by atoms with Gasteiger partial charge in [-0.1, -0.05) is 18.2 Å². The second-order valence-electron chi connectivity index (χ2n) is 5.08. The molecule has 18 heavy (non-hydrogen) atoms. The third kappa shape index (κ3) is 2.90. The van der Waals surface area contributed by atoms with Gasteiger partial charge in [0.2, 0.25) is 0 Å². The van der Waals surface area contributed by atoms with E-state index in [9.17, 15) is 4.39 Å². The Balaban J connectivity index is 2.28. The van der Waals surface area contributed by atoms with E-state index >= 15 is 0 Å². The van der Waals surface area contributed by atoms with Crippen LogP contribution in [0.25, 0.3) is 0 Å². The van der Waals surface area contributed by atoms with E-state index < -0.39 is 0 Å². The van der Waals surface area contributed by atoms with Gasteiger partial charge >= 0.3 is 0 Å². The van der Waals surface area contributed by atoms with Crippen LogP contribution in [0.3, 0.4) is 0 Å². The van der Waals surface area contributed by atoms with E-state index in [0.717, 1.165) is 26.2 Å². The second-order valence-corrected chi connectivity index (χ2v) is 5.08. The van der Waals surface area contributed by atoms with E-state index in [0.29, 0.717) is 6.42 Å². The van der Waals surface area contributed by atoms with E-state index in [2.05, 4.69) is 42.3 Å². The van der Waals surface area contributed by atoms with Crippen molar-refractivity contribution in [2.75, 3.05) is 32.9 Å². The monoisotopic (exact) mass is 250 g/mol. The lowest BCUT2D eigenvalue weighted by atomic mass is 9.93. The van der Waals surface area contributed by atoms with Crippen LogP contribution in [-0.4, -0.2) is 37.8 Å². The molecule has 0 spiro atoms. The van der Waals surface area contributed by atoms with Crippen LogP contribution in [-0.2, 0) is 0 Å². The van der Waals surface area contributed by atoms with Gasteiger partial charge in [-0.2, -0.15) is 0 Å². The summed E-state index contributed by atoms with van der Waals surface area (Å²) >= 11 is 0. The number of hydrogen-bond donors (Lipinski definition) is 1. The van der Waals surface area contributed by atoms with Crippen LogP contribution in [0.15, 0.2) is 18.2 Å². The molecule has 1 saturated heterocycles. The van der Waals surface area contributed by atoms with Gasteiger partial charge in [-0.3, -0.25) is 9.29 Å². The van der Waals surface area contributed by atoms with Gasteiger partial charge in [-0.15, -0.1) is 0 Å². The first-order valence-electron chi connectivity index (χ1n) is 6.81. The maximum Gasteiger partial charge on any atom is 0.0912 e. The third-order valence-electron chi connectivity index (χ3n) is 3.85. The second kappa shape index (κ2) is 6.30. The lowest BCUT2D eigenvalue weighted by Crippen LogP contribution is -2.45. The van der Waals surface area contributed by atoms with Crippen molar-refractivity contribution in [2.24, 2.45) is 0 Å². The van der Waals surface area contributed by atoms with E-state index in [1.165, 1.54) is 16.7 Å². The van der Waals surface area contributed by atoms with E-state index in [1.54, 1.807) is 0 Å². The molecular formula is C15H23FN2. The molecule has 1 aliphatic heterocycles. The molecule has 0 amide bonds. The maximum atomic E-state index is 12.9. The molecule has 1 N–H and O–H groups in total. The smallest absolute Gasteiger partial charge is 0.0912 e. The Morgan fingerprint density at radius 1 is 1.22 bits per heavy atom. The zero-order valence-corrected chi connectivity index (χ0v) is 11.4. The summed E-state index contributed by atoms with van der Waals surface area (Å²) in [6.45, 7) is 8.06. The van der Waals surface area contributed by atoms with Crippen molar-refractivity contribution in [3.8, 4) is 0 Å². The number of nitrogens with zero attached hydrogens (tertiary/aromatic N) is 1. The minimum atomic E-state index is -0.248. The Hall–Kier alpha value is -0.930. The lowest BCUT2D eigenvalue weighted by molar-refractivity contribution is 0.156. The van der Waals surface area contributed by atoms with E-state index in [4.69, 9.17) is 0 Å². The van der Waals surface area contributed by atoms with Crippen LogP contribution in [0.5, 0.6) is 0 Å². The van der Waals surface area contributed by atoms with Crippen LogP contribution in [0.2, 0.25) is 0 Å².